The molecule has 1 atom stereocenters. The summed E-state index contributed by atoms with van der Waals surface area (Å²) in [6.07, 6.45) is 5.38. The molecule has 0 radical (unpaired) electrons. The van der Waals surface area contributed by atoms with E-state index >= 15 is 0 Å². The number of nitrogens with zero attached hydrogens (tertiary/aromatic N) is 2. The Labute approximate surface area is 155 Å². The second-order valence-corrected chi connectivity index (χ2v) is 7.42. The Morgan fingerprint density at radius 2 is 2.00 bits per heavy atom. The third-order valence-electron chi connectivity index (χ3n) is 5.48. The molecule has 1 aromatic carbocycles. The summed E-state index contributed by atoms with van der Waals surface area (Å²) in [6.45, 7) is 4.17. The van der Waals surface area contributed by atoms with Gasteiger partial charge in [-0.1, -0.05) is 12.1 Å². The predicted molar refractivity (Wildman–Crippen MR) is 99.4 cm³/mol. The molecule has 0 bridgehead atoms. The van der Waals surface area contributed by atoms with Gasteiger partial charge in [-0.2, -0.15) is 0 Å². The number of aliphatic hydroxyl groups is 1. The van der Waals surface area contributed by atoms with Crippen LogP contribution >= 0.6 is 0 Å². The molecule has 2 saturated heterocycles. The van der Waals surface area contributed by atoms with Crippen molar-refractivity contribution in [2.45, 2.75) is 50.7 Å². The minimum Gasteiger partial charge on any atom is -0.393 e. The minimum atomic E-state index is -0.250. The highest BCUT2D eigenvalue weighted by Gasteiger charge is 2.28. The van der Waals surface area contributed by atoms with Crippen LogP contribution in [0.4, 0.5) is 9.18 Å². The number of piperidine rings is 2. The fraction of sp³-hybridized carbons (Fsp3) is 0.650. The molecule has 0 spiro atoms. The van der Waals surface area contributed by atoms with Crippen LogP contribution in [0.1, 0.15) is 50.1 Å². The monoisotopic (exact) mass is 363 g/mol. The molecule has 26 heavy (non-hydrogen) atoms. The first-order chi connectivity index (χ1) is 12.6. The van der Waals surface area contributed by atoms with Crippen molar-refractivity contribution in [3.05, 3.63) is 35.6 Å². The van der Waals surface area contributed by atoms with Gasteiger partial charge in [-0.15, -0.1) is 0 Å². The first kappa shape index (κ1) is 19.1. The zero-order valence-corrected chi connectivity index (χ0v) is 15.4. The summed E-state index contributed by atoms with van der Waals surface area (Å²) < 4.78 is 13.6. The van der Waals surface area contributed by atoms with Gasteiger partial charge in [0.2, 0.25) is 0 Å². The van der Waals surface area contributed by atoms with Gasteiger partial charge in [0.15, 0.2) is 0 Å². The van der Waals surface area contributed by atoms with Crippen LogP contribution in [0.5, 0.6) is 0 Å². The zero-order chi connectivity index (χ0) is 18.4. The van der Waals surface area contributed by atoms with E-state index in [2.05, 4.69) is 10.2 Å². The smallest absolute Gasteiger partial charge is 0.317 e. The number of likely N-dealkylation sites (tertiary alicyclic amines) is 2. The van der Waals surface area contributed by atoms with Gasteiger partial charge >= 0.3 is 6.03 Å². The van der Waals surface area contributed by atoms with Crippen molar-refractivity contribution in [1.82, 2.24) is 15.1 Å². The highest BCUT2D eigenvalue weighted by Crippen LogP contribution is 2.31. The second kappa shape index (κ2) is 9.33. The number of hydrogen-bond donors (Lipinski definition) is 2. The van der Waals surface area contributed by atoms with Crippen molar-refractivity contribution in [2.75, 3.05) is 32.7 Å². The van der Waals surface area contributed by atoms with Gasteiger partial charge in [0.25, 0.3) is 0 Å². The number of rotatable bonds is 5. The van der Waals surface area contributed by atoms with E-state index in [0.29, 0.717) is 6.54 Å². The number of hydrogen-bond acceptors (Lipinski definition) is 3. The van der Waals surface area contributed by atoms with E-state index in [-0.39, 0.29) is 24.0 Å². The maximum atomic E-state index is 13.6. The third-order valence-corrected chi connectivity index (χ3v) is 5.48. The number of aliphatic hydroxyl groups excluding tert-OH is 1. The molecule has 1 unspecified atom stereocenters. The van der Waals surface area contributed by atoms with Crippen molar-refractivity contribution in [3.63, 3.8) is 0 Å². The molecule has 1 aromatic rings. The number of benzene rings is 1. The van der Waals surface area contributed by atoms with E-state index in [1.807, 2.05) is 11.0 Å². The largest absolute Gasteiger partial charge is 0.393 e. The molecular formula is C20H30FN3O2. The molecule has 2 fully saturated rings. The predicted octanol–water partition coefficient (Wildman–Crippen LogP) is 2.91. The van der Waals surface area contributed by atoms with E-state index < -0.39 is 0 Å². The van der Waals surface area contributed by atoms with Crippen LogP contribution in [0.2, 0.25) is 0 Å². The summed E-state index contributed by atoms with van der Waals surface area (Å²) in [7, 11) is 0. The lowest BCUT2D eigenvalue weighted by Gasteiger charge is -2.36. The highest BCUT2D eigenvalue weighted by atomic mass is 19.1. The van der Waals surface area contributed by atoms with Crippen LogP contribution < -0.4 is 5.32 Å². The van der Waals surface area contributed by atoms with Crippen molar-refractivity contribution in [2.24, 2.45) is 0 Å². The molecule has 0 saturated carbocycles. The molecular weight excluding hydrogens is 333 g/mol. The molecule has 2 N–H and O–H groups in total. The average molecular weight is 363 g/mol. The van der Waals surface area contributed by atoms with Gasteiger partial charge in [-0.3, -0.25) is 0 Å². The zero-order valence-electron chi connectivity index (χ0n) is 15.4. The normalized spacial score (nSPS) is 22.4. The molecule has 2 aliphatic rings. The summed E-state index contributed by atoms with van der Waals surface area (Å²) in [5, 5.41) is 12.6. The fourth-order valence-electron chi connectivity index (χ4n) is 3.98. The lowest BCUT2D eigenvalue weighted by molar-refractivity contribution is 0.0820. The average Bonchev–Trinajstić information content (AvgIpc) is 2.66. The van der Waals surface area contributed by atoms with Crippen LogP contribution in [0.25, 0.3) is 0 Å². The standard InChI is InChI=1S/C20H30FN3O2/c21-17-6-3-5-16(15-17)19-7-1-2-12-24(19)20(26)22-10-4-11-23-13-8-18(25)9-14-23/h3,5-6,15,18-19,25H,1-2,4,7-14H2,(H,22,26). The molecule has 2 aliphatic heterocycles. The summed E-state index contributed by atoms with van der Waals surface area (Å²) >= 11 is 0. The third kappa shape index (κ3) is 5.17. The Hall–Kier alpha value is -1.66. The van der Waals surface area contributed by atoms with Gasteiger partial charge < -0.3 is 20.2 Å². The van der Waals surface area contributed by atoms with E-state index in [1.165, 1.54) is 6.07 Å². The number of urea groups is 1. The first-order valence-electron chi connectivity index (χ1n) is 9.84. The van der Waals surface area contributed by atoms with E-state index in [4.69, 9.17) is 0 Å². The van der Waals surface area contributed by atoms with Gasteiger partial charge in [0.1, 0.15) is 5.82 Å². The molecule has 2 heterocycles. The SMILES string of the molecule is O=C(NCCCN1CCC(O)CC1)N1CCCCC1c1cccc(F)c1. The van der Waals surface area contributed by atoms with Crippen molar-refractivity contribution >= 4 is 6.03 Å². The maximum absolute atomic E-state index is 13.6. The number of carbonyl (C=O) groups is 1. The van der Waals surface area contributed by atoms with Crippen LogP contribution in [0, 0.1) is 5.82 Å². The topological polar surface area (TPSA) is 55.8 Å². The summed E-state index contributed by atoms with van der Waals surface area (Å²) in [5.74, 6) is -0.250. The molecule has 0 aromatic heterocycles. The quantitative estimate of drug-likeness (QED) is 0.791. The Morgan fingerprint density at radius 1 is 1.19 bits per heavy atom. The van der Waals surface area contributed by atoms with Gasteiger partial charge in [-0.25, -0.2) is 9.18 Å². The van der Waals surface area contributed by atoms with E-state index in [9.17, 15) is 14.3 Å². The Morgan fingerprint density at radius 3 is 2.77 bits per heavy atom. The highest BCUT2D eigenvalue weighted by molar-refractivity contribution is 5.74. The first-order valence-corrected chi connectivity index (χ1v) is 9.84. The molecule has 144 valence electrons. The summed E-state index contributed by atoms with van der Waals surface area (Å²) in [4.78, 5) is 16.8. The number of nitrogens with one attached hydrogen (secondary N) is 1. The van der Waals surface area contributed by atoms with Crippen LogP contribution in [-0.4, -0.2) is 59.8 Å². The summed E-state index contributed by atoms with van der Waals surface area (Å²) in [6, 6.07) is 6.52. The molecule has 2 amide bonds. The van der Waals surface area contributed by atoms with Crippen LogP contribution in [0.3, 0.4) is 0 Å². The Kier molecular flexibility index (Phi) is 6.86. The van der Waals surface area contributed by atoms with Crippen LogP contribution in [0.15, 0.2) is 24.3 Å². The Bertz CT molecular complexity index is 590. The van der Waals surface area contributed by atoms with Gasteiger partial charge in [0, 0.05) is 26.2 Å². The van der Waals surface area contributed by atoms with E-state index in [1.54, 1.807) is 12.1 Å². The molecule has 3 rings (SSSR count). The van der Waals surface area contributed by atoms with Crippen LogP contribution in [-0.2, 0) is 0 Å². The fourth-order valence-corrected chi connectivity index (χ4v) is 3.98. The lowest BCUT2D eigenvalue weighted by Crippen LogP contribution is -2.45. The number of amides is 2. The number of halogens is 1. The maximum Gasteiger partial charge on any atom is 0.317 e. The van der Waals surface area contributed by atoms with Crippen molar-refractivity contribution in [1.29, 1.82) is 0 Å². The minimum absolute atomic E-state index is 0.0389. The van der Waals surface area contributed by atoms with E-state index in [0.717, 1.165) is 70.3 Å². The molecule has 6 heteroatoms. The summed E-state index contributed by atoms with van der Waals surface area (Å²) in [5.41, 5.74) is 0.881. The van der Waals surface area contributed by atoms with Crippen molar-refractivity contribution < 1.29 is 14.3 Å². The van der Waals surface area contributed by atoms with Gasteiger partial charge in [-0.05, 0) is 62.8 Å². The van der Waals surface area contributed by atoms with Crippen molar-refractivity contribution in [3.8, 4) is 0 Å². The molecule has 5 nitrogen and oxygen atoms in total. The number of carbonyl (C=O) groups excluding carboxylic acids is 1. The second-order valence-electron chi connectivity index (χ2n) is 7.42. The molecule has 0 aliphatic carbocycles. The Balaban J connectivity index is 1.46. The lowest BCUT2D eigenvalue weighted by atomic mass is 9.95. The van der Waals surface area contributed by atoms with Gasteiger partial charge in [0.05, 0.1) is 12.1 Å².